The lowest BCUT2D eigenvalue weighted by Gasteiger charge is -2.08. The van der Waals surface area contributed by atoms with Crippen LogP contribution in [0.1, 0.15) is 6.92 Å². The molecule has 0 fully saturated rings. The van der Waals surface area contributed by atoms with Crippen LogP contribution in [0.25, 0.3) is 0 Å². The second kappa shape index (κ2) is 6.95. The number of rotatable bonds is 6. The summed E-state index contributed by atoms with van der Waals surface area (Å²) in [6, 6.07) is 1.74. The van der Waals surface area contributed by atoms with E-state index in [0.717, 1.165) is 0 Å². The Hall–Kier alpha value is -1.50. The molecule has 0 saturated heterocycles. The summed E-state index contributed by atoms with van der Waals surface area (Å²) in [5.41, 5.74) is 0. The lowest BCUT2D eigenvalue weighted by molar-refractivity contribution is -0.140. The molecule has 0 aliphatic rings. The van der Waals surface area contributed by atoms with Crippen LogP contribution in [0, 0.1) is 0 Å². The Bertz CT molecular complexity index is 364. The summed E-state index contributed by atoms with van der Waals surface area (Å²) in [4.78, 5) is 19.6. The van der Waals surface area contributed by atoms with Crippen molar-refractivity contribution in [2.75, 3.05) is 37.1 Å². The molecule has 1 aromatic heterocycles. The third-order valence-electron chi connectivity index (χ3n) is 1.86. The molecule has 7 heteroatoms. The average molecular weight is 256 g/mol. The molecular formula is C10H16N4O2S. The number of carbonyl (C=O) groups excluding carboxylic acids is 1. The number of nitrogens with one attached hydrogen (secondary N) is 2. The van der Waals surface area contributed by atoms with Gasteiger partial charge >= 0.3 is 5.97 Å². The van der Waals surface area contributed by atoms with Crippen LogP contribution in [0.2, 0.25) is 0 Å². The number of nitrogens with zero attached hydrogens (tertiary/aromatic N) is 2. The van der Waals surface area contributed by atoms with Crippen LogP contribution in [-0.2, 0) is 9.53 Å². The van der Waals surface area contributed by atoms with Crippen molar-refractivity contribution < 1.29 is 9.53 Å². The maximum atomic E-state index is 11.2. The fourth-order valence-corrected chi connectivity index (χ4v) is 1.49. The first-order valence-electron chi connectivity index (χ1n) is 5.20. The zero-order valence-corrected chi connectivity index (χ0v) is 10.9. The van der Waals surface area contributed by atoms with E-state index in [4.69, 9.17) is 4.74 Å². The largest absolute Gasteiger partial charge is 0.465 e. The molecule has 1 rings (SSSR count). The molecule has 0 aliphatic carbocycles. The Kier molecular flexibility index (Phi) is 5.55. The van der Waals surface area contributed by atoms with Gasteiger partial charge in [-0.3, -0.25) is 4.79 Å². The Morgan fingerprint density at radius 1 is 1.47 bits per heavy atom. The Morgan fingerprint density at radius 2 is 2.18 bits per heavy atom. The summed E-state index contributed by atoms with van der Waals surface area (Å²) in [5, 5.41) is 6.48. The number of aromatic nitrogens is 2. The van der Waals surface area contributed by atoms with Gasteiger partial charge in [0, 0.05) is 13.1 Å². The van der Waals surface area contributed by atoms with Gasteiger partial charge < -0.3 is 15.4 Å². The number of carbonyl (C=O) groups is 1. The molecule has 0 aromatic carbocycles. The van der Waals surface area contributed by atoms with Crippen molar-refractivity contribution in [2.24, 2.45) is 0 Å². The van der Waals surface area contributed by atoms with E-state index in [0.29, 0.717) is 23.4 Å². The van der Waals surface area contributed by atoms with Crippen LogP contribution >= 0.6 is 11.8 Å². The monoisotopic (exact) mass is 256 g/mol. The van der Waals surface area contributed by atoms with Crippen LogP contribution in [-0.4, -0.2) is 42.4 Å². The van der Waals surface area contributed by atoms with Crippen molar-refractivity contribution in [1.82, 2.24) is 9.97 Å². The maximum Gasteiger partial charge on any atom is 0.325 e. The predicted molar refractivity (Wildman–Crippen MR) is 68.5 cm³/mol. The lowest BCUT2D eigenvalue weighted by Crippen LogP contribution is -2.17. The zero-order valence-electron chi connectivity index (χ0n) is 10.1. The van der Waals surface area contributed by atoms with E-state index < -0.39 is 0 Å². The molecule has 2 N–H and O–H groups in total. The highest BCUT2D eigenvalue weighted by Crippen LogP contribution is 2.16. The van der Waals surface area contributed by atoms with Gasteiger partial charge in [0.15, 0.2) is 5.16 Å². The Morgan fingerprint density at radius 3 is 2.76 bits per heavy atom. The van der Waals surface area contributed by atoms with Crippen LogP contribution in [0.15, 0.2) is 11.2 Å². The minimum absolute atomic E-state index is 0.0990. The van der Waals surface area contributed by atoms with E-state index in [1.165, 1.54) is 11.8 Å². The summed E-state index contributed by atoms with van der Waals surface area (Å²) in [5.74, 6) is 1.00. The average Bonchev–Trinajstić information content (AvgIpc) is 2.36. The molecule has 0 radical (unpaired) electrons. The molecule has 0 aliphatic heterocycles. The second-order valence-electron chi connectivity index (χ2n) is 3.03. The number of hydrogen-bond acceptors (Lipinski definition) is 7. The minimum atomic E-state index is -0.303. The van der Waals surface area contributed by atoms with Crippen LogP contribution in [0.3, 0.4) is 0 Å². The summed E-state index contributed by atoms with van der Waals surface area (Å²) < 4.78 is 4.81. The van der Waals surface area contributed by atoms with Gasteiger partial charge in [-0.15, -0.1) is 0 Å². The van der Waals surface area contributed by atoms with E-state index in [1.54, 1.807) is 20.0 Å². The molecule has 0 unspecified atom stereocenters. The topological polar surface area (TPSA) is 76.1 Å². The fourth-order valence-electron chi connectivity index (χ4n) is 1.11. The minimum Gasteiger partial charge on any atom is -0.465 e. The van der Waals surface area contributed by atoms with Gasteiger partial charge in [-0.2, -0.15) is 0 Å². The molecule has 1 heterocycles. The van der Waals surface area contributed by atoms with Gasteiger partial charge in [0.25, 0.3) is 0 Å². The molecule has 0 spiro atoms. The fraction of sp³-hybridized carbons (Fsp3) is 0.500. The number of anilines is 2. The summed E-state index contributed by atoms with van der Waals surface area (Å²) in [6.07, 6.45) is 1.89. The van der Waals surface area contributed by atoms with Gasteiger partial charge in [0.1, 0.15) is 18.2 Å². The van der Waals surface area contributed by atoms with Gasteiger partial charge in [-0.1, -0.05) is 11.8 Å². The Balaban J connectivity index is 2.66. The van der Waals surface area contributed by atoms with Crippen LogP contribution < -0.4 is 10.6 Å². The van der Waals surface area contributed by atoms with Gasteiger partial charge in [-0.05, 0) is 13.2 Å². The van der Waals surface area contributed by atoms with Crippen molar-refractivity contribution in [3.63, 3.8) is 0 Å². The van der Waals surface area contributed by atoms with E-state index in [-0.39, 0.29) is 12.5 Å². The van der Waals surface area contributed by atoms with E-state index >= 15 is 0 Å². The van der Waals surface area contributed by atoms with E-state index in [1.807, 2.05) is 6.26 Å². The maximum absolute atomic E-state index is 11.2. The van der Waals surface area contributed by atoms with Crippen molar-refractivity contribution in [1.29, 1.82) is 0 Å². The number of thioether (sulfide) groups is 1. The molecular weight excluding hydrogens is 240 g/mol. The highest BCUT2D eigenvalue weighted by Gasteiger charge is 2.05. The van der Waals surface area contributed by atoms with Crippen molar-refractivity contribution in [3.05, 3.63) is 6.07 Å². The third kappa shape index (κ3) is 4.48. The normalized spacial score (nSPS) is 9.82. The molecule has 0 saturated carbocycles. The first kappa shape index (κ1) is 13.6. The number of hydrogen-bond donors (Lipinski definition) is 2. The first-order chi connectivity index (χ1) is 8.19. The molecule has 0 amide bonds. The molecule has 17 heavy (non-hydrogen) atoms. The van der Waals surface area contributed by atoms with Crippen molar-refractivity contribution in [2.45, 2.75) is 12.1 Å². The SMILES string of the molecule is CCOC(=O)CNc1cc(NC)nc(SC)n1. The molecule has 94 valence electrons. The number of esters is 1. The zero-order chi connectivity index (χ0) is 12.7. The molecule has 6 nitrogen and oxygen atoms in total. The van der Waals surface area contributed by atoms with Crippen molar-refractivity contribution in [3.8, 4) is 0 Å². The highest BCUT2D eigenvalue weighted by atomic mass is 32.2. The Labute approximate surface area is 105 Å². The van der Waals surface area contributed by atoms with Crippen LogP contribution in [0.4, 0.5) is 11.6 Å². The number of ether oxygens (including phenoxy) is 1. The first-order valence-corrected chi connectivity index (χ1v) is 6.42. The van der Waals surface area contributed by atoms with E-state index in [2.05, 4.69) is 20.6 Å². The summed E-state index contributed by atoms with van der Waals surface area (Å²) in [7, 11) is 1.78. The van der Waals surface area contributed by atoms with Gasteiger partial charge in [-0.25, -0.2) is 9.97 Å². The van der Waals surface area contributed by atoms with Crippen molar-refractivity contribution >= 4 is 29.4 Å². The molecule has 0 atom stereocenters. The van der Waals surface area contributed by atoms with E-state index in [9.17, 15) is 4.79 Å². The van der Waals surface area contributed by atoms with Crippen LogP contribution in [0.5, 0.6) is 0 Å². The summed E-state index contributed by atoms with van der Waals surface area (Å²) in [6.45, 7) is 2.25. The molecule has 0 bridgehead atoms. The van der Waals surface area contributed by atoms with Gasteiger partial charge in [0.2, 0.25) is 0 Å². The highest BCUT2D eigenvalue weighted by molar-refractivity contribution is 7.98. The van der Waals surface area contributed by atoms with Gasteiger partial charge in [0.05, 0.1) is 6.61 Å². The lowest BCUT2D eigenvalue weighted by atomic mass is 10.5. The quantitative estimate of drug-likeness (QED) is 0.450. The predicted octanol–water partition coefficient (Wildman–Crippen LogP) is 1.22. The smallest absolute Gasteiger partial charge is 0.325 e. The third-order valence-corrected chi connectivity index (χ3v) is 2.41. The summed E-state index contributed by atoms with van der Waals surface area (Å²) >= 11 is 1.44. The second-order valence-corrected chi connectivity index (χ2v) is 3.81. The standard InChI is InChI=1S/C10H16N4O2S/c1-4-16-9(15)6-12-8-5-7(11-2)13-10(14-8)17-3/h5H,4,6H2,1-3H3,(H2,11,12,13,14). The molecule has 1 aromatic rings.